The number of carbonyl (C=O) groups excluding carboxylic acids is 1. The lowest BCUT2D eigenvalue weighted by molar-refractivity contribution is -0.0702. The van der Waals surface area contributed by atoms with Crippen LogP contribution in [-0.4, -0.2) is 43.7 Å². The molecule has 22 heavy (non-hydrogen) atoms. The normalized spacial score (nSPS) is 31.5. The molecule has 3 aliphatic heterocycles. The van der Waals surface area contributed by atoms with Crippen LogP contribution in [0, 0.1) is 0 Å². The largest absolute Gasteiger partial charge is 0.368 e. The summed E-state index contributed by atoms with van der Waals surface area (Å²) in [5.41, 5.74) is 3.71. The van der Waals surface area contributed by atoms with Gasteiger partial charge >= 0.3 is 0 Å². The van der Waals surface area contributed by atoms with E-state index in [4.69, 9.17) is 4.74 Å². The summed E-state index contributed by atoms with van der Waals surface area (Å²) in [6, 6.07) is 6.24. The molecule has 1 aliphatic carbocycles. The summed E-state index contributed by atoms with van der Waals surface area (Å²) in [7, 11) is 0. The lowest BCUT2D eigenvalue weighted by atomic mass is 9.83. The maximum absolute atomic E-state index is 12.1. The molecule has 1 spiro atoms. The van der Waals surface area contributed by atoms with Crippen molar-refractivity contribution in [2.24, 2.45) is 0 Å². The Kier molecular flexibility index (Phi) is 2.71. The predicted molar refractivity (Wildman–Crippen MR) is 84.7 cm³/mol. The summed E-state index contributed by atoms with van der Waals surface area (Å²) in [5.74, 6) is 0.871. The van der Waals surface area contributed by atoms with Crippen LogP contribution in [0.3, 0.4) is 0 Å². The zero-order valence-corrected chi connectivity index (χ0v) is 12.8. The molecule has 4 heteroatoms. The van der Waals surface area contributed by atoms with Crippen molar-refractivity contribution in [3.8, 4) is 0 Å². The number of ether oxygens (including phenoxy) is 1. The van der Waals surface area contributed by atoms with Crippen molar-refractivity contribution in [3.05, 3.63) is 29.3 Å². The zero-order chi connectivity index (χ0) is 14.7. The first-order valence-corrected chi connectivity index (χ1v) is 8.54. The Hall–Kier alpha value is -1.39. The van der Waals surface area contributed by atoms with Crippen molar-refractivity contribution in [3.63, 3.8) is 0 Å². The van der Waals surface area contributed by atoms with Gasteiger partial charge in [-0.3, -0.25) is 4.79 Å². The third-order valence-corrected chi connectivity index (χ3v) is 5.95. The van der Waals surface area contributed by atoms with Crippen LogP contribution in [0.2, 0.25) is 0 Å². The van der Waals surface area contributed by atoms with Gasteiger partial charge in [-0.15, -0.1) is 0 Å². The first kappa shape index (κ1) is 13.1. The number of hydrogen-bond donors (Lipinski definition) is 1. The number of hydrogen-bond acceptors (Lipinski definition) is 4. The van der Waals surface area contributed by atoms with Gasteiger partial charge in [-0.25, -0.2) is 0 Å². The van der Waals surface area contributed by atoms with Crippen molar-refractivity contribution in [1.29, 1.82) is 0 Å². The highest BCUT2D eigenvalue weighted by Gasteiger charge is 2.46. The third kappa shape index (κ3) is 1.80. The SMILES string of the molecule is O=C1CCC2CN(CC3CCC4(CNC4)O3)c3cccc1c32. The van der Waals surface area contributed by atoms with E-state index in [1.54, 1.807) is 0 Å². The van der Waals surface area contributed by atoms with E-state index in [9.17, 15) is 4.79 Å². The molecule has 116 valence electrons. The quantitative estimate of drug-likeness (QED) is 0.908. The number of nitrogens with one attached hydrogen (secondary N) is 1. The minimum atomic E-state index is 0.137. The minimum Gasteiger partial charge on any atom is -0.368 e. The second-order valence-electron chi connectivity index (χ2n) is 7.37. The Balaban J connectivity index is 1.39. The van der Waals surface area contributed by atoms with Crippen molar-refractivity contribution >= 4 is 11.5 Å². The molecule has 1 aromatic carbocycles. The van der Waals surface area contributed by atoms with Gasteiger partial charge in [-0.1, -0.05) is 12.1 Å². The van der Waals surface area contributed by atoms with Gasteiger partial charge in [0, 0.05) is 49.8 Å². The van der Waals surface area contributed by atoms with Crippen LogP contribution in [-0.2, 0) is 4.74 Å². The van der Waals surface area contributed by atoms with E-state index in [0.717, 1.165) is 44.6 Å². The van der Waals surface area contributed by atoms with Gasteiger partial charge in [0.25, 0.3) is 0 Å². The average Bonchev–Trinajstić information content (AvgIpc) is 3.07. The average molecular weight is 298 g/mol. The van der Waals surface area contributed by atoms with E-state index < -0.39 is 0 Å². The molecule has 0 saturated carbocycles. The first-order valence-electron chi connectivity index (χ1n) is 8.54. The summed E-state index contributed by atoms with van der Waals surface area (Å²) in [5, 5.41) is 3.33. The van der Waals surface area contributed by atoms with Crippen LogP contribution in [0.15, 0.2) is 18.2 Å². The summed E-state index contributed by atoms with van der Waals surface area (Å²) in [6.45, 7) is 4.07. The highest BCUT2D eigenvalue weighted by atomic mass is 16.5. The van der Waals surface area contributed by atoms with E-state index in [1.807, 2.05) is 12.1 Å². The monoisotopic (exact) mass is 298 g/mol. The molecule has 4 aliphatic rings. The Morgan fingerprint density at radius 2 is 2.23 bits per heavy atom. The molecule has 0 aromatic heterocycles. The number of anilines is 1. The molecule has 5 rings (SSSR count). The van der Waals surface area contributed by atoms with Crippen molar-refractivity contribution in [1.82, 2.24) is 5.32 Å². The van der Waals surface area contributed by atoms with Crippen molar-refractivity contribution in [2.45, 2.75) is 43.3 Å². The molecular formula is C18H22N2O2. The lowest BCUT2D eigenvalue weighted by Crippen LogP contribution is -2.59. The van der Waals surface area contributed by atoms with Crippen LogP contribution >= 0.6 is 0 Å². The van der Waals surface area contributed by atoms with Crippen molar-refractivity contribution < 1.29 is 9.53 Å². The van der Waals surface area contributed by atoms with Crippen LogP contribution in [0.1, 0.15) is 47.5 Å². The molecule has 2 atom stereocenters. The second kappa shape index (κ2) is 4.56. The van der Waals surface area contributed by atoms with E-state index in [0.29, 0.717) is 24.2 Å². The molecule has 3 heterocycles. The molecule has 0 bridgehead atoms. The smallest absolute Gasteiger partial charge is 0.163 e. The number of benzene rings is 1. The lowest BCUT2D eigenvalue weighted by Gasteiger charge is -2.39. The number of rotatable bonds is 2. The zero-order valence-electron chi connectivity index (χ0n) is 12.8. The Bertz CT molecular complexity index is 638. The van der Waals surface area contributed by atoms with E-state index in [2.05, 4.69) is 16.3 Å². The Labute approximate surface area is 130 Å². The van der Waals surface area contributed by atoms with Crippen LogP contribution in [0.5, 0.6) is 0 Å². The molecule has 0 radical (unpaired) electrons. The van der Waals surface area contributed by atoms with Crippen LogP contribution < -0.4 is 10.2 Å². The predicted octanol–water partition coefficient (Wildman–Crippen LogP) is 2.09. The number of ketones is 1. The third-order valence-electron chi connectivity index (χ3n) is 5.95. The highest BCUT2D eigenvalue weighted by molar-refractivity contribution is 6.01. The topological polar surface area (TPSA) is 41.6 Å². The molecule has 1 aromatic rings. The molecule has 2 unspecified atom stereocenters. The maximum Gasteiger partial charge on any atom is 0.163 e. The summed E-state index contributed by atoms with van der Waals surface area (Å²) in [6.07, 6.45) is 4.42. The van der Waals surface area contributed by atoms with Gasteiger partial charge < -0.3 is 15.0 Å². The summed E-state index contributed by atoms with van der Waals surface area (Å²) < 4.78 is 6.33. The van der Waals surface area contributed by atoms with Gasteiger partial charge in [0.05, 0.1) is 11.7 Å². The van der Waals surface area contributed by atoms with Crippen LogP contribution in [0.25, 0.3) is 0 Å². The van der Waals surface area contributed by atoms with E-state index in [-0.39, 0.29) is 5.60 Å². The molecule has 2 saturated heterocycles. The molecule has 1 N–H and O–H groups in total. The minimum absolute atomic E-state index is 0.137. The fourth-order valence-corrected chi connectivity index (χ4v) is 4.74. The molecule has 0 amide bonds. The first-order chi connectivity index (χ1) is 10.7. The maximum atomic E-state index is 12.1. The fourth-order valence-electron chi connectivity index (χ4n) is 4.74. The van der Waals surface area contributed by atoms with Crippen LogP contribution in [0.4, 0.5) is 5.69 Å². The van der Waals surface area contributed by atoms with Gasteiger partial charge in [-0.05, 0) is 30.9 Å². The van der Waals surface area contributed by atoms with E-state index in [1.165, 1.54) is 17.7 Å². The fraction of sp³-hybridized carbons (Fsp3) is 0.611. The number of nitrogens with zero attached hydrogens (tertiary/aromatic N) is 1. The highest BCUT2D eigenvalue weighted by Crippen LogP contribution is 2.45. The van der Waals surface area contributed by atoms with Gasteiger partial charge in [0.15, 0.2) is 5.78 Å². The van der Waals surface area contributed by atoms with Crippen molar-refractivity contribution in [2.75, 3.05) is 31.1 Å². The Morgan fingerprint density at radius 1 is 1.32 bits per heavy atom. The molecule has 4 nitrogen and oxygen atoms in total. The molecule has 2 fully saturated rings. The van der Waals surface area contributed by atoms with Gasteiger partial charge in [-0.2, -0.15) is 0 Å². The van der Waals surface area contributed by atoms with Gasteiger partial charge in [0.2, 0.25) is 0 Å². The standard InChI is InChI=1S/C18H22N2O2/c21-16-5-4-12-8-20(15-3-1-2-14(16)17(12)15)9-13-6-7-18(22-13)10-19-11-18/h1-3,12-13,19H,4-11H2. The Morgan fingerprint density at radius 3 is 3.00 bits per heavy atom. The second-order valence-corrected chi connectivity index (χ2v) is 7.37. The summed E-state index contributed by atoms with van der Waals surface area (Å²) in [4.78, 5) is 14.6. The number of Topliss-reactive ketones (excluding diaryl/α,β-unsaturated/α-hetero) is 1. The number of carbonyl (C=O) groups is 1. The molecular weight excluding hydrogens is 276 g/mol. The van der Waals surface area contributed by atoms with E-state index >= 15 is 0 Å². The summed E-state index contributed by atoms with van der Waals surface area (Å²) >= 11 is 0. The van der Waals surface area contributed by atoms with Gasteiger partial charge in [0.1, 0.15) is 0 Å².